The lowest BCUT2D eigenvalue weighted by Crippen LogP contribution is -2.11. The highest BCUT2D eigenvalue weighted by Crippen LogP contribution is 2.32. The molecule has 1 aromatic carbocycles. The first kappa shape index (κ1) is 11.0. The van der Waals surface area contributed by atoms with Gasteiger partial charge in [0.05, 0.1) is 0 Å². The van der Waals surface area contributed by atoms with E-state index in [9.17, 15) is 4.39 Å². The van der Waals surface area contributed by atoms with E-state index in [1.54, 1.807) is 12.1 Å². The Bertz CT molecular complexity index is 340. The van der Waals surface area contributed by atoms with E-state index >= 15 is 0 Å². The summed E-state index contributed by atoms with van der Waals surface area (Å²) in [5, 5.41) is 0. The Kier molecular flexibility index (Phi) is 3.65. The highest BCUT2D eigenvalue weighted by atomic mass is 32.2. The molecule has 0 fully saturated rings. The third kappa shape index (κ3) is 2.73. The van der Waals surface area contributed by atoms with E-state index < -0.39 is 0 Å². The zero-order chi connectivity index (χ0) is 10.7. The molecule has 0 radical (unpaired) electrons. The summed E-state index contributed by atoms with van der Waals surface area (Å²) in [7, 11) is 0. The fraction of sp³-hybridized carbons (Fsp3) is 0.500. The van der Waals surface area contributed by atoms with Crippen LogP contribution in [-0.4, -0.2) is 12.3 Å². The molecule has 1 unspecified atom stereocenters. The van der Waals surface area contributed by atoms with Gasteiger partial charge in [0.2, 0.25) is 0 Å². The van der Waals surface area contributed by atoms with E-state index in [2.05, 4.69) is 0 Å². The molecule has 2 rings (SSSR count). The number of hydrogen-bond acceptors (Lipinski definition) is 2. The molecule has 15 heavy (non-hydrogen) atoms. The van der Waals surface area contributed by atoms with Gasteiger partial charge >= 0.3 is 0 Å². The van der Waals surface area contributed by atoms with Gasteiger partial charge in [-0.2, -0.15) is 0 Å². The standard InChI is InChI=1S/C12H16FNS/c13-11-1-2-12-10(8-11)7-9(3-5-14)4-6-15-12/h1-2,8-9H,3-7,14H2. The molecule has 0 saturated heterocycles. The molecule has 1 aliphatic rings. The second-order valence-corrected chi connectivity index (χ2v) is 5.17. The van der Waals surface area contributed by atoms with Crippen molar-refractivity contribution in [3.05, 3.63) is 29.6 Å². The molecule has 2 N–H and O–H groups in total. The summed E-state index contributed by atoms with van der Waals surface area (Å²) in [5.41, 5.74) is 6.74. The molecule has 1 atom stereocenters. The summed E-state index contributed by atoms with van der Waals surface area (Å²) in [6, 6.07) is 5.13. The van der Waals surface area contributed by atoms with Gasteiger partial charge in [-0.25, -0.2) is 4.39 Å². The van der Waals surface area contributed by atoms with Gasteiger partial charge in [0.15, 0.2) is 0 Å². The quantitative estimate of drug-likeness (QED) is 0.837. The number of thioether (sulfide) groups is 1. The molecule has 82 valence electrons. The first-order valence-electron chi connectivity index (χ1n) is 5.41. The molecule has 0 amide bonds. The van der Waals surface area contributed by atoms with Crippen LogP contribution < -0.4 is 5.73 Å². The van der Waals surface area contributed by atoms with Crippen LogP contribution in [0.15, 0.2) is 23.1 Å². The molecule has 1 nitrogen and oxygen atoms in total. The van der Waals surface area contributed by atoms with Crippen LogP contribution in [0.4, 0.5) is 4.39 Å². The maximum Gasteiger partial charge on any atom is 0.123 e. The van der Waals surface area contributed by atoms with Crippen molar-refractivity contribution in [3.63, 3.8) is 0 Å². The van der Waals surface area contributed by atoms with Crippen LogP contribution in [0.5, 0.6) is 0 Å². The summed E-state index contributed by atoms with van der Waals surface area (Å²) < 4.78 is 13.1. The van der Waals surface area contributed by atoms with Crippen molar-refractivity contribution in [1.29, 1.82) is 0 Å². The second-order valence-electron chi connectivity index (χ2n) is 4.04. The van der Waals surface area contributed by atoms with Gasteiger partial charge in [-0.1, -0.05) is 0 Å². The normalized spacial score (nSPS) is 20.8. The van der Waals surface area contributed by atoms with Crippen molar-refractivity contribution in [2.24, 2.45) is 11.7 Å². The molecule has 1 aliphatic heterocycles. The SMILES string of the molecule is NCCC1CCSc2ccc(F)cc2C1. The number of rotatable bonds is 2. The average molecular weight is 225 g/mol. The number of halogens is 1. The van der Waals surface area contributed by atoms with Crippen LogP contribution in [0.25, 0.3) is 0 Å². The van der Waals surface area contributed by atoms with Crippen LogP contribution >= 0.6 is 11.8 Å². The summed E-state index contributed by atoms with van der Waals surface area (Å²) >= 11 is 1.84. The smallest absolute Gasteiger partial charge is 0.123 e. The maximum atomic E-state index is 13.1. The van der Waals surface area contributed by atoms with Crippen molar-refractivity contribution >= 4 is 11.8 Å². The van der Waals surface area contributed by atoms with Crippen molar-refractivity contribution in [2.45, 2.75) is 24.2 Å². The van der Waals surface area contributed by atoms with Gasteiger partial charge in [0, 0.05) is 4.90 Å². The first-order chi connectivity index (χ1) is 7.29. The summed E-state index contributed by atoms with van der Waals surface area (Å²) in [6.45, 7) is 0.736. The fourth-order valence-electron chi connectivity index (χ4n) is 2.08. The monoisotopic (exact) mass is 225 g/mol. The van der Waals surface area contributed by atoms with Crippen LogP contribution in [0, 0.1) is 11.7 Å². The van der Waals surface area contributed by atoms with E-state index in [0.29, 0.717) is 5.92 Å². The van der Waals surface area contributed by atoms with E-state index in [0.717, 1.165) is 30.7 Å². The molecule has 1 aromatic rings. The lowest BCUT2D eigenvalue weighted by molar-refractivity contribution is 0.478. The lowest BCUT2D eigenvalue weighted by Gasteiger charge is -2.12. The summed E-state index contributed by atoms with van der Waals surface area (Å²) in [6.07, 6.45) is 3.23. The number of hydrogen-bond donors (Lipinski definition) is 1. The third-order valence-electron chi connectivity index (χ3n) is 2.89. The molecule has 0 spiro atoms. The minimum absolute atomic E-state index is 0.122. The average Bonchev–Trinajstić information content (AvgIpc) is 2.39. The Morgan fingerprint density at radius 3 is 3.13 bits per heavy atom. The van der Waals surface area contributed by atoms with Crippen LogP contribution in [0.2, 0.25) is 0 Å². The second kappa shape index (κ2) is 4.99. The molecule has 0 saturated carbocycles. The predicted molar refractivity (Wildman–Crippen MR) is 62.6 cm³/mol. The van der Waals surface area contributed by atoms with Gasteiger partial charge in [-0.3, -0.25) is 0 Å². The van der Waals surface area contributed by atoms with Crippen LogP contribution in [0.3, 0.4) is 0 Å². The van der Waals surface area contributed by atoms with Gasteiger partial charge < -0.3 is 5.73 Å². The molecular weight excluding hydrogens is 209 g/mol. The maximum absolute atomic E-state index is 13.1. The van der Waals surface area contributed by atoms with Crippen LogP contribution in [0.1, 0.15) is 18.4 Å². The fourth-order valence-corrected chi connectivity index (χ4v) is 3.24. The van der Waals surface area contributed by atoms with Crippen molar-refractivity contribution in [1.82, 2.24) is 0 Å². The van der Waals surface area contributed by atoms with E-state index in [4.69, 9.17) is 5.73 Å². The molecule has 0 aliphatic carbocycles. The van der Waals surface area contributed by atoms with Gasteiger partial charge in [0.25, 0.3) is 0 Å². The lowest BCUT2D eigenvalue weighted by atomic mass is 9.94. The molecule has 0 aromatic heterocycles. The summed E-state index contributed by atoms with van der Waals surface area (Å²) in [4.78, 5) is 1.25. The van der Waals surface area contributed by atoms with Crippen molar-refractivity contribution < 1.29 is 4.39 Å². The highest BCUT2D eigenvalue weighted by Gasteiger charge is 2.16. The Morgan fingerprint density at radius 1 is 1.47 bits per heavy atom. The zero-order valence-corrected chi connectivity index (χ0v) is 9.52. The predicted octanol–water partition coefficient (Wildman–Crippen LogP) is 2.83. The zero-order valence-electron chi connectivity index (χ0n) is 8.71. The highest BCUT2D eigenvalue weighted by molar-refractivity contribution is 7.99. The molecule has 3 heteroatoms. The largest absolute Gasteiger partial charge is 0.330 e. The molecule has 1 heterocycles. The number of nitrogens with two attached hydrogens (primary N) is 1. The molecular formula is C12H16FNS. The van der Waals surface area contributed by atoms with E-state index in [1.807, 2.05) is 17.8 Å². The van der Waals surface area contributed by atoms with Crippen LogP contribution in [-0.2, 0) is 6.42 Å². The first-order valence-corrected chi connectivity index (χ1v) is 6.39. The Hall–Kier alpha value is -0.540. The summed E-state index contributed by atoms with van der Waals surface area (Å²) in [5.74, 6) is 1.64. The third-order valence-corrected chi connectivity index (χ3v) is 4.04. The Balaban J connectivity index is 2.19. The Labute approximate surface area is 94.2 Å². The van der Waals surface area contributed by atoms with E-state index in [-0.39, 0.29) is 5.82 Å². The van der Waals surface area contributed by atoms with Crippen molar-refractivity contribution in [2.75, 3.05) is 12.3 Å². The topological polar surface area (TPSA) is 26.0 Å². The van der Waals surface area contributed by atoms with Gasteiger partial charge in [-0.15, -0.1) is 11.8 Å². The number of benzene rings is 1. The van der Waals surface area contributed by atoms with Crippen molar-refractivity contribution in [3.8, 4) is 0 Å². The van der Waals surface area contributed by atoms with Gasteiger partial charge in [-0.05, 0) is 61.2 Å². The van der Waals surface area contributed by atoms with E-state index in [1.165, 1.54) is 11.3 Å². The van der Waals surface area contributed by atoms with Gasteiger partial charge in [0.1, 0.15) is 5.82 Å². The Morgan fingerprint density at radius 2 is 2.33 bits per heavy atom. The molecule has 0 bridgehead atoms. The minimum Gasteiger partial charge on any atom is -0.330 e. The minimum atomic E-state index is -0.122. The number of fused-ring (bicyclic) bond motifs is 1.